The summed E-state index contributed by atoms with van der Waals surface area (Å²) in [6.45, 7) is 5.70. The van der Waals surface area contributed by atoms with Gasteiger partial charge in [-0.1, -0.05) is 6.08 Å². The Morgan fingerprint density at radius 3 is 2.74 bits per heavy atom. The number of nitro groups is 1. The van der Waals surface area contributed by atoms with E-state index in [1.807, 2.05) is 0 Å². The van der Waals surface area contributed by atoms with Gasteiger partial charge in [-0.05, 0) is 31.9 Å². The van der Waals surface area contributed by atoms with Gasteiger partial charge in [-0.25, -0.2) is 0 Å². The lowest BCUT2D eigenvalue weighted by Gasteiger charge is -2.23. The van der Waals surface area contributed by atoms with Crippen LogP contribution < -0.4 is 4.90 Å². The smallest absolute Gasteiger partial charge is 0.282 e. The number of nitro benzene ring substituents is 1. The van der Waals surface area contributed by atoms with Gasteiger partial charge in [0.1, 0.15) is 0 Å². The van der Waals surface area contributed by atoms with Gasteiger partial charge in [0, 0.05) is 24.3 Å². The fourth-order valence-corrected chi connectivity index (χ4v) is 2.14. The Morgan fingerprint density at radius 2 is 2.26 bits per heavy atom. The van der Waals surface area contributed by atoms with Crippen molar-refractivity contribution >= 4 is 17.2 Å². The summed E-state index contributed by atoms with van der Waals surface area (Å²) in [7, 11) is 0. The molecule has 1 fully saturated rings. The lowest BCUT2D eigenvalue weighted by Crippen LogP contribution is -2.25. The quantitative estimate of drug-likeness (QED) is 0.341. The Balaban J connectivity index is 2.41. The van der Waals surface area contributed by atoms with Crippen molar-refractivity contribution in [3.05, 3.63) is 46.5 Å². The molecule has 0 aliphatic heterocycles. The van der Waals surface area contributed by atoms with Crippen molar-refractivity contribution in [2.75, 3.05) is 11.4 Å². The monoisotopic (exact) mass is 260 g/mol. The third-order valence-corrected chi connectivity index (χ3v) is 3.20. The van der Waals surface area contributed by atoms with Crippen LogP contribution in [-0.4, -0.2) is 23.3 Å². The molecule has 1 saturated carbocycles. The molecule has 0 atom stereocenters. The summed E-state index contributed by atoms with van der Waals surface area (Å²) >= 11 is 0. The molecule has 0 radical (unpaired) electrons. The average Bonchev–Trinajstić information content (AvgIpc) is 3.19. The van der Waals surface area contributed by atoms with Gasteiger partial charge in [-0.15, -0.1) is 6.58 Å². The first-order chi connectivity index (χ1) is 9.04. The van der Waals surface area contributed by atoms with Gasteiger partial charge in [0.25, 0.3) is 5.69 Å². The normalized spacial score (nSPS) is 13.9. The predicted octanol–water partition coefficient (Wildman–Crippen LogP) is 2.95. The molecule has 0 aromatic heterocycles. The van der Waals surface area contributed by atoms with E-state index >= 15 is 0 Å². The van der Waals surface area contributed by atoms with Crippen LogP contribution in [0, 0.1) is 10.1 Å². The minimum atomic E-state index is -0.501. The number of ketones is 1. The largest absolute Gasteiger partial charge is 0.365 e. The van der Waals surface area contributed by atoms with E-state index in [1.54, 1.807) is 12.1 Å². The van der Waals surface area contributed by atoms with Crippen LogP contribution in [-0.2, 0) is 0 Å². The van der Waals surface area contributed by atoms with Gasteiger partial charge in [0.05, 0.1) is 10.5 Å². The zero-order chi connectivity index (χ0) is 14.0. The van der Waals surface area contributed by atoms with Crippen LogP contribution >= 0.6 is 0 Å². The van der Waals surface area contributed by atoms with Gasteiger partial charge in [-0.2, -0.15) is 0 Å². The van der Waals surface area contributed by atoms with E-state index < -0.39 is 4.92 Å². The molecule has 0 spiro atoms. The molecule has 0 bridgehead atoms. The van der Waals surface area contributed by atoms with Crippen molar-refractivity contribution in [2.45, 2.75) is 25.8 Å². The Labute approximate surface area is 111 Å². The molecule has 2 rings (SSSR count). The number of benzene rings is 1. The van der Waals surface area contributed by atoms with Crippen LogP contribution in [0.25, 0.3) is 0 Å². The summed E-state index contributed by atoms with van der Waals surface area (Å²) in [5, 5.41) is 11.1. The van der Waals surface area contributed by atoms with Gasteiger partial charge >= 0.3 is 0 Å². The zero-order valence-electron chi connectivity index (χ0n) is 10.8. The number of hydrogen-bond acceptors (Lipinski definition) is 4. The van der Waals surface area contributed by atoms with Crippen molar-refractivity contribution < 1.29 is 9.72 Å². The Bertz CT molecular complexity index is 535. The second-order valence-electron chi connectivity index (χ2n) is 4.69. The van der Waals surface area contributed by atoms with Gasteiger partial charge in [0.2, 0.25) is 0 Å². The molecular formula is C14H16N2O3. The van der Waals surface area contributed by atoms with E-state index in [9.17, 15) is 14.9 Å². The molecule has 19 heavy (non-hydrogen) atoms. The topological polar surface area (TPSA) is 63.5 Å². The molecular weight excluding hydrogens is 244 g/mol. The highest BCUT2D eigenvalue weighted by atomic mass is 16.6. The standard InChI is InChI=1S/C14H16N2O3/c1-3-8-15(11-4-5-11)12-6-7-13(10(2)17)14(9-12)16(18)19/h3,6-7,9,11H,1,4-5,8H2,2H3. The third kappa shape index (κ3) is 2.81. The molecule has 100 valence electrons. The van der Waals surface area contributed by atoms with E-state index in [1.165, 1.54) is 19.1 Å². The molecule has 0 N–H and O–H groups in total. The summed E-state index contributed by atoms with van der Waals surface area (Å²) < 4.78 is 0. The fraction of sp³-hybridized carbons (Fsp3) is 0.357. The lowest BCUT2D eigenvalue weighted by molar-refractivity contribution is -0.385. The number of hydrogen-bond donors (Lipinski definition) is 0. The van der Waals surface area contributed by atoms with Crippen LogP contribution in [0.3, 0.4) is 0 Å². The highest BCUT2D eigenvalue weighted by Gasteiger charge is 2.30. The number of nitrogens with zero attached hydrogens (tertiary/aromatic N) is 2. The van der Waals surface area contributed by atoms with Crippen molar-refractivity contribution in [1.29, 1.82) is 0 Å². The summed E-state index contributed by atoms with van der Waals surface area (Å²) in [5.74, 6) is -0.292. The van der Waals surface area contributed by atoms with E-state index in [0.717, 1.165) is 18.5 Å². The second-order valence-corrected chi connectivity index (χ2v) is 4.69. The Hall–Kier alpha value is -2.17. The zero-order valence-corrected chi connectivity index (χ0v) is 10.8. The van der Waals surface area contributed by atoms with Crippen LogP contribution in [0.5, 0.6) is 0 Å². The average molecular weight is 260 g/mol. The lowest BCUT2D eigenvalue weighted by atomic mass is 10.1. The van der Waals surface area contributed by atoms with Crippen LogP contribution in [0.15, 0.2) is 30.9 Å². The van der Waals surface area contributed by atoms with Gasteiger partial charge < -0.3 is 4.90 Å². The predicted molar refractivity (Wildman–Crippen MR) is 73.7 cm³/mol. The van der Waals surface area contributed by atoms with Crippen LogP contribution in [0.4, 0.5) is 11.4 Å². The van der Waals surface area contributed by atoms with Crippen molar-refractivity contribution in [2.24, 2.45) is 0 Å². The number of Topliss-reactive ketones (excluding diaryl/α,β-unsaturated/α-hetero) is 1. The summed E-state index contributed by atoms with van der Waals surface area (Å²) in [4.78, 5) is 24.0. The van der Waals surface area contributed by atoms with Crippen molar-refractivity contribution in [3.8, 4) is 0 Å². The minimum absolute atomic E-state index is 0.125. The molecule has 0 saturated heterocycles. The highest BCUT2D eigenvalue weighted by molar-refractivity contribution is 5.98. The summed E-state index contributed by atoms with van der Waals surface area (Å²) in [6, 6.07) is 5.22. The SMILES string of the molecule is C=CCN(c1ccc(C(C)=O)c([N+](=O)[O-])c1)C1CC1. The van der Waals surface area contributed by atoms with E-state index in [-0.39, 0.29) is 17.0 Å². The van der Waals surface area contributed by atoms with E-state index in [4.69, 9.17) is 0 Å². The maximum atomic E-state index is 11.4. The molecule has 1 aromatic rings. The molecule has 1 aliphatic rings. The Kier molecular flexibility index (Phi) is 3.64. The molecule has 1 aromatic carbocycles. The number of anilines is 1. The summed E-state index contributed by atoms with van der Waals surface area (Å²) in [5.41, 5.74) is 0.807. The molecule has 1 aliphatic carbocycles. The third-order valence-electron chi connectivity index (χ3n) is 3.20. The van der Waals surface area contributed by atoms with Gasteiger partial charge in [0.15, 0.2) is 5.78 Å². The molecule has 0 unspecified atom stereocenters. The number of rotatable bonds is 6. The first-order valence-electron chi connectivity index (χ1n) is 6.21. The Morgan fingerprint density at radius 1 is 1.58 bits per heavy atom. The van der Waals surface area contributed by atoms with Crippen molar-refractivity contribution in [3.63, 3.8) is 0 Å². The molecule has 0 heterocycles. The fourth-order valence-electron chi connectivity index (χ4n) is 2.14. The summed E-state index contributed by atoms with van der Waals surface area (Å²) in [6.07, 6.45) is 3.97. The highest BCUT2D eigenvalue weighted by Crippen LogP contribution is 2.34. The van der Waals surface area contributed by atoms with Crippen molar-refractivity contribution in [1.82, 2.24) is 0 Å². The molecule has 0 amide bonds. The van der Waals surface area contributed by atoms with E-state index in [0.29, 0.717) is 12.6 Å². The van der Waals surface area contributed by atoms with Crippen LogP contribution in [0.2, 0.25) is 0 Å². The molecule has 5 nitrogen and oxygen atoms in total. The maximum absolute atomic E-state index is 11.4. The van der Waals surface area contributed by atoms with E-state index in [2.05, 4.69) is 11.5 Å². The molecule has 5 heteroatoms. The van der Waals surface area contributed by atoms with Crippen LogP contribution in [0.1, 0.15) is 30.1 Å². The first-order valence-corrected chi connectivity index (χ1v) is 6.21. The maximum Gasteiger partial charge on any atom is 0.282 e. The second kappa shape index (κ2) is 5.22. The minimum Gasteiger partial charge on any atom is -0.365 e. The number of carbonyl (C=O) groups excluding carboxylic acids is 1. The van der Waals surface area contributed by atoms with Gasteiger partial charge in [-0.3, -0.25) is 14.9 Å². The first kappa shape index (κ1) is 13.3. The number of carbonyl (C=O) groups is 1.